The molecule has 0 heterocycles. The van der Waals surface area contributed by atoms with Crippen molar-refractivity contribution in [1.82, 2.24) is 0 Å². The first-order valence-corrected chi connectivity index (χ1v) is 0. The van der Waals surface area contributed by atoms with Crippen LogP contribution in [0.15, 0.2) is 0 Å². The van der Waals surface area contributed by atoms with Crippen LogP contribution in [-0.2, 0) is 33.0 Å². The zero-order chi connectivity index (χ0) is 0. The third-order valence-electron chi connectivity index (χ3n) is 0. The Kier molecular flexibility index (Phi) is 161. The summed E-state index contributed by atoms with van der Waals surface area (Å²) in [6, 6.07) is 0. The zero-order valence-corrected chi connectivity index (χ0v) is 9.89. The van der Waals surface area contributed by atoms with Gasteiger partial charge in [0, 0.05) is 0 Å². The van der Waals surface area contributed by atoms with Crippen molar-refractivity contribution >= 4 is 13.5 Å². The van der Waals surface area contributed by atoms with Crippen LogP contribution in [0.25, 0.3) is 0 Å². The summed E-state index contributed by atoms with van der Waals surface area (Å²) in [7, 11) is 0. The molecule has 0 amide bonds. The van der Waals surface area contributed by atoms with Gasteiger partial charge in [-0.3, -0.25) is 0 Å². The molecule has 0 aromatic carbocycles. The van der Waals surface area contributed by atoms with E-state index < -0.39 is 0 Å². The van der Waals surface area contributed by atoms with Crippen molar-refractivity contribution in [3.8, 4) is 0 Å². The van der Waals surface area contributed by atoms with E-state index in [0.29, 0.717) is 0 Å². The molecule has 0 rings (SSSR count). The van der Waals surface area contributed by atoms with E-state index in [1.54, 1.807) is 0 Å². The standard InChI is InChI=1S/FH.S.Th.Zn/h1H;;;/q;-2;+4;+2/p-1. The van der Waals surface area contributed by atoms with Gasteiger partial charge in [-0.2, -0.15) is 0 Å². The summed E-state index contributed by atoms with van der Waals surface area (Å²) in [6.07, 6.45) is 0. The van der Waals surface area contributed by atoms with E-state index in [9.17, 15) is 0 Å². The molecule has 0 radical (unpaired) electrons. The van der Waals surface area contributed by atoms with Crippen molar-refractivity contribution in [2.24, 2.45) is 0 Å². The Labute approximate surface area is 76.4 Å². The Morgan fingerprint density at radius 2 is 1.00 bits per heavy atom. The molecule has 0 saturated heterocycles. The van der Waals surface area contributed by atoms with Gasteiger partial charge in [0.05, 0.1) is 0 Å². The first kappa shape index (κ1) is 34.3. The molecular formula is FSThZn+3. The maximum atomic E-state index is 0. The van der Waals surface area contributed by atoms with E-state index in [2.05, 4.69) is 0 Å². The molecule has 0 atom stereocenters. The van der Waals surface area contributed by atoms with Gasteiger partial charge in [0.25, 0.3) is 0 Å². The summed E-state index contributed by atoms with van der Waals surface area (Å²) in [4.78, 5) is 0. The van der Waals surface area contributed by atoms with Crippen molar-refractivity contribution in [3.05, 3.63) is 0 Å². The van der Waals surface area contributed by atoms with Crippen molar-refractivity contribution in [2.45, 2.75) is 0 Å². The minimum Gasteiger partial charge on any atom is -2.00 e. The van der Waals surface area contributed by atoms with Crippen LogP contribution < -0.4 is 4.70 Å². The Morgan fingerprint density at radius 1 is 1.00 bits per heavy atom. The quantitative estimate of drug-likeness (QED) is 0.410. The summed E-state index contributed by atoms with van der Waals surface area (Å²) in [5, 5.41) is 0. The van der Waals surface area contributed by atoms with Gasteiger partial charge in [-0.05, 0) is 0 Å². The number of rotatable bonds is 0. The average Bonchev–Trinajstić information content (AvgIpc) is 0. The van der Waals surface area contributed by atoms with E-state index in [0.717, 1.165) is 0 Å². The van der Waals surface area contributed by atoms with Gasteiger partial charge in [0.1, 0.15) is 0 Å². The van der Waals surface area contributed by atoms with Crippen LogP contribution >= 0.6 is 0 Å². The molecule has 0 saturated carbocycles. The molecule has 0 aliphatic heterocycles. The number of halogens is 1. The molecule has 4 heteroatoms. The van der Waals surface area contributed by atoms with Crippen LogP contribution in [-0.4, -0.2) is 0 Å². The van der Waals surface area contributed by atoms with Crippen LogP contribution in [0.5, 0.6) is 0 Å². The fourth-order valence-electron chi connectivity index (χ4n) is 0. The van der Waals surface area contributed by atoms with Crippen LogP contribution in [0.3, 0.4) is 0 Å². The Morgan fingerprint density at radius 3 is 1.00 bits per heavy atom. The Balaban J connectivity index is 0. The molecule has 0 bridgehead atoms. The fraction of sp³-hybridized carbons (Fsp3) is 0. The molecule has 4 heavy (non-hydrogen) atoms. The fourth-order valence-corrected chi connectivity index (χ4v) is 0. The number of hydrogen-bond acceptors (Lipinski definition) is 0. The van der Waals surface area contributed by atoms with Crippen LogP contribution in [0.2, 0.25) is 0 Å². The topological polar surface area (TPSA) is 0 Å². The largest absolute Gasteiger partial charge is 4.00 e. The summed E-state index contributed by atoms with van der Waals surface area (Å²) in [6.45, 7) is 0. The molecular weight excluding hydrogens is 348 g/mol. The minimum atomic E-state index is 0. The van der Waals surface area contributed by atoms with Crippen molar-refractivity contribution in [1.29, 1.82) is 0 Å². The predicted octanol–water partition coefficient (Wildman–Crippen LogP) is -3.00. The van der Waals surface area contributed by atoms with Gasteiger partial charge < -0.3 is 18.2 Å². The van der Waals surface area contributed by atoms with E-state index in [1.165, 1.54) is 0 Å². The zero-order valence-electron chi connectivity index (χ0n) is 1.99. The van der Waals surface area contributed by atoms with Gasteiger partial charge in [0.2, 0.25) is 0 Å². The van der Waals surface area contributed by atoms with E-state index in [-0.39, 0.29) is 77.6 Å². The molecule has 0 N–H and O–H groups in total. The van der Waals surface area contributed by atoms with Crippen molar-refractivity contribution in [2.75, 3.05) is 0 Å². The van der Waals surface area contributed by atoms with Gasteiger partial charge >= 0.3 is 59.4 Å². The van der Waals surface area contributed by atoms with E-state index in [1.807, 2.05) is 0 Å². The van der Waals surface area contributed by atoms with E-state index in [4.69, 9.17) is 0 Å². The molecule has 0 aromatic heterocycles. The van der Waals surface area contributed by atoms with Gasteiger partial charge in [-0.15, -0.1) is 0 Å². The van der Waals surface area contributed by atoms with Crippen molar-refractivity contribution in [3.63, 3.8) is 0 Å². The third-order valence-corrected chi connectivity index (χ3v) is 0. The molecule has 0 nitrogen and oxygen atoms in total. The molecule has 0 spiro atoms. The van der Waals surface area contributed by atoms with E-state index >= 15 is 0 Å². The molecule has 16 valence electrons. The van der Waals surface area contributed by atoms with Crippen molar-refractivity contribution < 1.29 is 64.1 Å². The maximum Gasteiger partial charge on any atom is 4.00 e. The maximum absolute atomic E-state index is 0. The summed E-state index contributed by atoms with van der Waals surface area (Å²) < 4.78 is 0. The SMILES string of the molecule is [F-].[S-2].[Th+4].[Zn+2]. The average molecular weight is 348 g/mol. The van der Waals surface area contributed by atoms with Gasteiger partial charge in [0.15, 0.2) is 0 Å². The molecule has 0 aromatic rings. The Hall–Kier alpha value is 2.23. The molecule has 0 aliphatic carbocycles. The second-order valence-electron chi connectivity index (χ2n) is 0. The monoisotopic (exact) mass is 347 g/mol. The Bertz CT molecular complexity index is 8.00. The smallest absolute Gasteiger partial charge is 2.00 e. The second kappa shape index (κ2) is 18.8. The van der Waals surface area contributed by atoms with Crippen LogP contribution in [0.1, 0.15) is 0 Å². The normalized spacial score (nSPS) is 0. The first-order valence-electron chi connectivity index (χ1n) is 0. The summed E-state index contributed by atoms with van der Waals surface area (Å²) in [5.41, 5.74) is 0. The van der Waals surface area contributed by atoms with Gasteiger partial charge in [-0.25, -0.2) is 0 Å². The molecule has 0 aliphatic rings. The third kappa shape index (κ3) is 8.88. The van der Waals surface area contributed by atoms with Gasteiger partial charge in [-0.1, -0.05) is 0 Å². The second-order valence-corrected chi connectivity index (χ2v) is 0. The first-order chi connectivity index (χ1) is 0. The summed E-state index contributed by atoms with van der Waals surface area (Å²) >= 11 is 0. The number of hydrogen-bond donors (Lipinski definition) is 0. The summed E-state index contributed by atoms with van der Waals surface area (Å²) in [5.74, 6) is 0. The van der Waals surface area contributed by atoms with Crippen LogP contribution in [0.4, 0.5) is 0 Å². The molecule has 0 fully saturated rings. The van der Waals surface area contributed by atoms with Crippen LogP contribution in [0, 0.1) is 39.9 Å². The predicted molar refractivity (Wildman–Crippen MR) is 7.37 cm³/mol. The minimum absolute atomic E-state index is 0. The molecule has 0 unspecified atom stereocenters.